The second-order valence-corrected chi connectivity index (χ2v) is 9.88. The van der Waals surface area contributed by atoms with Crippen molar-refractivity contribution in [1.29, 1.82) is 0 Å². The Morgan fingerprint density at radius 1 is 1.06 bits per heavy atom. The second kappa shape index (κ2) is 9.30. The van der Waals surface area contributed by atoms with Crippen LogP contribution in [0.25, 0.3) is 0 Å². The standard InChI is InChI=1S/C23H27N3O5S/c1-2-31-20-9-7-19(8-10-20)26-16-18(15-22(26)27)24-23(28)17-5-11-21(12-6-17)32(29,30)25-13-3-4-14-25/h5-12,18H,2-4,13-16H2,1H3,(H,24,28)/t18-/m1/s1. The maximum Gasteiger partial charge on any atom is 0.251 e. The summed E-state index contributed by atoms with van der Waals surface area (Å²) >= 11 is 0. The number of benzene rings is 2. The first-order valence-corrected chi connectivity index (χ1v) is 12.3. The van der Waals surface area contributed by atoms with Crippen LogP contribution in [0.15, 0.2) is 53.4 Å². The Hall–Kier alpha value is -2.91. The van der Waals surface area contributed by atoms with Gasteiger partial charge in [0.2, 0.25) is 15.9 Å². The van der Waals surface area contributed by atoms with Crippen LogP contribution in [-0.2, 0) is 14.8 Å². The van der Waals surface area contributed by atoms with Gasteiger partial charge < -0.3 is 15.0 Å². The molecule has 8 nitrogen and oxygen atoms in total. The molecule has 2 heterocycles. The lowest BCUT2D eigenvalue weighted by Crippen LogP contribution is -2.37. The zero-order valence-corrected chi connectivity index (χ0v) is 18.8. The van der Waals surface area contributed by atoms with Crippen LogP contribution in [-0.4, -0.2) is 56.8 Å². The highest BCUT2D eigenvalue weighted by atomic mass is 32.2. The predicted molar refractivity (Wildman–Crippen MR) is 120 cm³/mol. The molecule has 2 aliphatic rings. The quantitative estimate of drug-likeness (QED) is 0.689. The summed E-state index contributed by atoms with van der Waals surface area (Å²) in [5.74, 6) is 0.343. The minimum atomic E-state index is -3.51. The molecule has 0 aliphatic carbocycles. The Morgan fingerprint density at radius 2 is 1.72 bits per heavy atom. The van der Waals surface area contributed by atoms with Gasteiger partial charge in [0.05, 0.1) is 17.5 Å². The van der Waals surface area contributed by atoms with Crippen LogP contribution in [0.4, 0.5) is 5.69 Å². The van der Waals surface area contributed by atoms with E-state index in [1.807, 2.05) is 31.2 Å². The zero-order chi connectivity index (χ0) is 22.7. The molecule has 170 valence electrons. The van der Waals surface area contributed by atoms with Gasteiger partial charge >= 0.3 is 0 Å². The van der Waals surface area contributed by atoms with Gasteiger partial charge in [-0.2, -0.15) is 4.31 Å². The summed E-state index contributed by atoms with van der Waals surface area (Å²) in [6.45, 7) is 3.92. The highest BCUT2D eigenvalue weighted by Gasteiger charge is 2.32. The van der Waals surface area contributed by atoms with Crippen LogP contribution in [0.3, 0.4) is 0 Å². The fraction of sp³-hybridized carbons (Fsp3) is 0.391. The summed E-state index contributed by atoms with van der Waals surface area (Å²) in [7, 11) is -3.51. The van der Waals surface area contributed by atoms with Crippen molar-refractivity contribution in [2.75, 3.05) is 31.1 Å². The van der Waals surface area contributed by atoms with Crippen molar-refractivity contribution in [3.05, 3.63) is 54.1 Å². The van der Waals surface area contributed by atoms with E-state index in [0.717, 1.165) is 24.3 Å². The highest BCUT2D eigenvalue weighted by Crippen LogP contribution is 2.25. The molecule has 2 aromatic carbocycles. The van der Waals surface area contributed by atoms with Gasteiger partial charge in [0.25, 0.3) is 5.91 Å². The third kappa shape index (κ3) is 4.63. The smallest absolute Gasteiger partial charge is 0.251 e. The minimum absolute atomic E-state index is 0.0634. The molecule has 32 heavy (non-hydrogen) atoms. The largest absolute Gasteiger partial charge is 0.494 e. The summed E-state index contributed by atoms with van der Waals surface area (Å²) < 4.78 is 32.2. The number of ether oxygens (including phenoxy) is 1. The van der Waals surface area contributed by atoms with Crippen molar-refractivity contribution in [2.24, 2.45) is 0 Å². The molecule has 2 saturated heterocycles. The van der Waals surface area contributed by atoms with Crippen LogP contribution in [0.5, 0.6) is 5.75 Å². The van der Waals surface area contributed by atoms with E-state index in [1.54, 1.807) is 4.90 Å². The topological polar surface area (TPSA) is 96.0 Å². The van der Waals surface area contributed by atoms with E-state index in [2.05, 4.69) is 5.32 Å². The van der Waals surface area contributed by atoms with Crippen LogP contribution in [0.1, 0.15) is 36.5 Å². The molecule has 0 unspecified atom stereocenters. The van der Waals surface area contributed by atoms with Crippen molar-refractivity contribution >= 4 is 27.5 Å². The summed E-state index contributed by atoms with van der Waals surface area (Å²) in [5, 5.41) is 2.88. The average molecular weight is 458 g/mol. The molecule has 2 amide bonds. The lowest BCUT2D eigenvalue weighted by Gasteiger charge is -2.18. The number of sulfonamides is 1. The van der Waals surface area contributed by atoms with Gasteiger partial charge in [0.15, 0.2) is 0 Å². The van der Waals surface area contributed by atoms with Crippen LogP contribution in [0.2, 0.25) is 0 Å². The molecule has 0 radical (unpaired) electrons. The number of nitrogens with zero attached hydrogens (tertiary/aromatic N) is 2. The molecule has 1 N–H and O–H groups in total. The summed E-state index contributed by atoms with van der Waals surface area (Å²) in [4.78, 5) is 27.0. The van der Waals surface area contributed by atoms with Gasteiger partial charge in [-0.25, -0.2) is 8.42 Å². The number of rotatable bonds is 7. The Morgan fingerprint density at radius 3 is 2.34 bits per heavy atom. The van der Waals surface area contributed by atoms with E-state index >= 15 is 0 Å². The first-order valence-electron chi connectivity index (χ1n) is 10.8. The number of carbonyl (C=O) groups excluding carboxylic acids is 2. The van der Waals surface area contributed by atoms with E-state index in [1.165, 1.54) is 28.6 Å². The molecule has 0 aromatic heterocycles. The van der Waals surface area contributed by atoms with Crippen LogP contribution < -0.4 is 15.0 Å². The van der Waals surface area contributed by atoms with Gasteiger partial charge in [-0.05, 0) is 68.3 Å². The predicted octanol–water partition coefficient (Wildman–Crippen LogP) is 2.41. The fourth-order valence-electron chi connectivity index (χ4n) is 4.07. The van der Waals surface area contributed by atoms with Crippen molar-refractivity contribution in [1.82, 2.24) is 9.62 Å². The molecule has 2 aromatic rings. The van der Waals surface area contributed by atoms with E-state index < -0.39 is 10.0 Å². The third-order valence-corrected chi connectivity index (χ3v) is 7.65. The molecule has 4 rings (SSSR count). The maximum absolute atomic E-state index is 12.7. The van der Waals surface area contributed by atoms with E-state index in [-0.39, 0.29) is 29.2 Å². The SMILES string of the molecule is CCOc1ccc(N2C[C@H](NC(=O)c3ccc(S(=O)(=O)N4CCCC4)cc3)CC2=O)cc1. The highest BCUT2D eigenvalue weighted by molar-refractivity contribution is 7.89. The van der Waals surface area contributed by atoms with Crippen molar-refractivity contribution in [3.8, 4) is 5.75 Å². The van der Waals surface area contributed by atoms with Gasteiger partial charge in [-0.3, -0.25) is 9.59 Å². The van der Waals surface area contributed by atoms with Crippen LogP contribution >= 0.6 is 0 Å². The summed E-state index contributed by atoms with van der Waals surface area (Å²) in [6.07, 6.45) is 1.95. The van der Waals surface area contributed by atoms with E-state index in [0.29, 0.717) is 31.8 Å². The van der Waals surface area contributed by atoms with Crippen molar-refractivity contribution in [3.63, 3.8) is 0 Å². The summed E-state index contributed by atoms with van der Waals surface area (Å²) in [5.41, 5.74) is 1.11. The molecular weight excluding hydrogens is 430 g/mol. The van der Waals surface area contributed by atoms with Gasteiger partial charge in [0.1, 0.15) is 5.75 Å². The number of amides is 2. The van der Waals surface area contributed by atoms with Gasteiger partial charge in [0, 0.05) is 37.3 Å². The Kier molecular flexibility index (Phi) is 6.48. The second-order valence-electron chi connectivity index (χ2n) is 7.94. The maximum atomic E-state index is 12.7. The molecule has 2 fully saturated rings. The monoisotopic (exact) mass is 457 g/mol. The van der Waals surface area contributed by atoms with Crippen molar-refractivity contribution in [2.45, 2.75) is 37.1 Å². The van der Waals surface area contributed by atoms with Crippen LogP contribution in [0, 0.1) is 0 Å². The Balaban J connectivity index is 1.38. The Bertz CT molecular complexity index is 1080. The number of carbonyl (C=O) groups is 2. The zero-order valence-electron chi connectivity index (χ0n) is 18.0. The molecule has 9 heteroatoms. The molecule has 2 aliphatic heterocycles. The normalized spacial score (nSPS) is 19.3. The molecule has 1 atom stereocenters. The third-order valence-electron chi connectivity index (χ3n) is 5.74. The molecule has 0 bridgehead atoms. The lowest BCUT2D eigenvalue weighted by atomic mass is 10.2. The molecular formula is C23H27N3O5S. The first kappa shape index (κ1) is 22.3. The summed E-state index contributed by atoms with van der Waals surface area (Å²) in [6, 6.07) is 12.9. The Labute approximate surface area is 188 Å². The van der Waals surface area contributed by atoms with E-state index in [9.17, 15) is 18.0 Å². The number of nitrogens with one attached hydrogen (secondary N) is 1. The average Bonchev–Trinajstić information content (AvgIpc) is 3.45. The first-order chi connectivity index (χ1) is 15.4. The number of hydrogen-bond donors (Lipinski definition) is 1. The van der Waals surface area contributed by atoms with Crippen molar-refractivity contribution < 1.29 is 22.7 Å². The minimum Gasteiger partial charge on any atom is -0.494 e. The number of anilines is 1. The van der Waals surface area contributed by atoms with E-state index in [4.69, 9.17) is 4.74 Å². The number of hydrogen-bond acceptors (Lipinski definition) is 5. The fourth-order valence-corrected chi connectivity index (χ4v) is 5.58. The van der Waals surface area contributed by atoms with Gasteiger partial charge in [-0.15, -0.1) is 0 Å². The molecule has 0 spiro atoms. The lowest BCUT2D eigenvalue weighted by molar-refractivity contribution is -0.117. The van der Waals surface area contributed by atoms with Gasteiger partial charge in [-0.1, -0.05) is 0 Å². The molecule has 0 saturated carbocycles.